The minimum Gasteiger partial charge on any atom is -0.316 e. The first-order chi connectivity index (χ1) is 5.91. The van der Waals surface area contributed by atoms with Crippen molar-refractivity contribution in [3.63, 3.8) is 0 Å². The normalized spacial score (nSPS) is 9.25. The molecule has 12 heavy (non-hydrogen) atoms. The van der Waals surface area contributed by atoms with E-state index in [2.05, 4.69) is 17.8 Å². The summed E-state index contributed by atoms with van der Waals surface area (Å²) in [5.41, 5.74) is 0. The van der Waals surface area contributed by atoms with Crippen LogP contribution in [0.25, 0.3) is 0 Å². The fraction of sp³-hybridized carbons (Fsp3) is 0.600. The van der Waals surface area contributed by atoms with Crippen molar-refractivity contribution in [1.29, 1.82) is 0 Å². The topological polar surface area (TPSA) is 12.0 Å². The Balaban J connectivity index is 2.82. The molecule has 0 radical (unpaired) electrons. The van der Waals surface area contributed by atoms with Crippen molar-refractivity contribution in [1.82, 2.24) is 5.32 Å². The first kappa shape index (κ1) is 11.6. The van der Waals surface area contributed by atoms with E-state index in [0.29, 0.717) is 0 Å². The minimum absolute atomic E-state index is 0.882. The van der Waals surface area contributed by atoms with E-state index < -0.39 is 0 Å². The van der Waals surface area contributed by atoms with Gasteiger partial charge in [-0.15, -0.1) is 18.9 Å². The van der Waals surface area contributed by atoms with E-state index in [0.717, 1.165) is 37.4 Å². The molecule has 0 fully saturated rings. The molecule has 1 N–H and O–H groups in total. The number of nitrogens with one attached hydrogen (secondary N) is 1. The molecule has 0 bridgehead atoms. The van der Waals surface area contributed by atoms with Crippen LogP contribution in [0, 0.1) is 12.3 Å². The molecule has 0 aromatic rings. The maximum absolute atomic E-state index is 5.12. The zero-order valence-electron chi connectivity index (χ0n) is 7.51. The highest BCUT2D eigenvalue weighted by Gasteiger charge is 1.86. The van der Waals surface area contributed by atoms with Crippen LogP contribution < -0.4 is 5.32 Å². The van der Waals surface area contributed by atoms with E-state index in [1.165, 1.54) is 0 Å². The molecule has 0 spiro atoms. The Kier molecular flexibility index (Phi) is 10.3. The highest BCUT2D eigenvalue weighted by atomic mass is 32.2. The summed E-state index contributed by atoms with van der Waals surface area (Å²) in [5.74, 6) is 4.82. The van der Waals surface area contributed by atoms with Crippen LogP contribution in [0.3, 0.4) is 0 Å². The van der Waals surface area contributed by atoms with Crippen molar-refractivity contribution in [2.24, 2.45) is 0 Å². The van der Waals surface area contributed by atoms with Gasteiger partial charge in [-0.3, -0.25) is 0 Å². The van der Waals surface area contributed by atoms with Crippen molar-refractivity contribution in [2.45, 2.75) is 12.8 Å². The summed E-state index contributed by atoms with van der Waals surface area (Å²) < 4.78 is 0. The van der Waals surface area contributed by atoms with E-state index in [1.54, 1.807) is 0 Å². The highest BCUT2D eigenvalue weighted by molar-refractivity contribution is 7.99. The first-order valence-electron chi connectivity index (χ1n) is 4.24. The average Bonchev–Trinajstić information content (AvgIpc) is 2.10. The van der Waals surface area contributed by atoms with E-state index in [4.69, 9.17) is 6.42 Å². The van der Waals surface area contributed by atoms with Crippen LogP contribution in [0.2, 0.25) is 0 Å². The van der Waals surface area contributed by atoms with Gasteiger partial charge in [-0.1, -0.05) is 6.08 Å². The summed E-state index contributed by atoms with van der Waals surface area (Å²) in [5, 5.41) is 3.33. The second kappa shape index (κ2) is 10.6. The highest BCUT2D eigenvalue weighted by Crippen LogP contribution is 1.96. The third-order valence-electron chi connectivity index (χ3n) is 1.33. The van der Waals surface area contributed by atoms with Gasteiger partial charge >= 0.3 is 0 Å². The molecule has 0 aromatic carbocycles. The maximum Gasteiger partial charge on any atom is 0.0111 e. The lowest BCUT2D eigenvalue weighted by Crippen LogP contribution is -2.18. The SMILES string of the molecule is C#CCCCNCCSCC=C. The molecule has 68 valence electrons. The van der Waals surface area contributed by atoms with Gasteiger partial charge in [0.2, 0.25) is 0 Å². The predicted octanol–water partition coefficient (Wildman–Crippen LogP) is 1.91. The molecule has 0 aliphatic rings. The Morgan fingerprint density at radius 2 is 2.33 bits per heavy atom. The second-order valence-electron chi connectivity index (χ2n) is 2.42. The number of hydrogen-bond donors (Lipinski definition) is 1. The minimum atomic E-state index is 0.882. The van der Waals surface area contributed by atoms with Crippen molar-refractivity contribution in [2.75, 3.05) is 24.6 Å². The van der Waals surface area contributed by atoms with E-state index in [9.17, 15) is 0 Å². The zero-order valence-corrected chi connectivity index (χ0v) is 8.33. The number of hydrogen-bond acceptors (Lipinski definition) is 2. The monoisotopic (exact) mass is 183 g/mol. The Hall–Kier alpha value is -0.390. The molecule has 0 aliphatic heterocycles. The molecule has 0 saturated heterocycles. The van der Waals surface area contributed by atoms with Gasteiger partial charge in [0.15, 0.2) is 0 Å². The van der Waals surface area contributed by atoms with Gasteiger partial charge in [0.1, 0.15) is 0 Å². The molecular formula is C10H17NS. The summed E-state index contributed by atoms with van der Waals surface area (Å²) in [6, 6.07) is 0. The van der Waals surface area contributed by atoms with Crippen LogP contribution in [0.1, 0.15) is 12.8 Å². The molecule has 1 nitrogen and oxygen atoms in total. The summed E-state index contributed by atoms with van der Waals surface area (Å²) in [7, 11) is 0. The van der Waals surface area contributed by atoms with E-state index in [1.807, 2.05) is 17.8 Å². The molecule has 0 rings (SSSR count). The number of unbranched alkanes of at least 4 members (excludes halogenated alkanes) is 1. The van der Waals surface area contributed by atoms with Gasteiger partial charge in [0.05, 0.1) is 0 Å². The van der Waals surface area contributed by atoms with Gasteiger partial charge in [0.25, 0.3) is 0 Å². The molecule has 0 aliphatic carbocycles. The Morgan fingerprint density at radius 1 is 1.50 bits per heavy atom. The lowest BCUT2D eigenvalue weighted by molar-refractivity contribution is 0.688. The fourth-order valence-corrected chi connectivity index (χ4v) is 1.37. The number of thioether (sulfide) groups is 1. The zero-order chi connectivity index (χ0) is 9.07. The standard InChI is InChI=1S/C10H17NS/c1-3-5-6-7-11-8-10-12-9-4-2/h1,4,11H,2,5-10H2. The number of rotatable bonds is 8. The molecule has 0 atom stereocenters. The van der Waals surface area contributed by atoms with Gasteiger partial charge in [-0.05, 0) is 13.0 Å². The van der Waals surface area contributed by atoms with Crippen LogP contribution in [0.4, 0.5) is 0 Å². The van der Waals surface area contributed by atoms with E-state index in [-0.39, 0.29) is 0 Å². The Bertz CT molecular complexity index is 137. The Labute approximate surface area is 80.0 Å². The summed E-state index contributed by atoms with van der Waals surface area (Å²) >= 11 is 1.90. The smallest absolute Gasteiger partial charge is 0.0111 e. The quantitative estimate of drug-likeness (QED) is 0.350. The first-order valence-corrected chi connectivity index (χ1v) is 5.40. The predicted molar refractivity (Wildman–Crippen MR) is 58.5 cm³/mol. The number of terminal acetylenes is 1. The Morgan fingerprint density at radius 3 is 3.00 bits per heavy atom. The molecule has 0 unspecified atom stereocenters. The average molecular weight is 183 g/mol. The lowest BCUT2D eigenvalue weighted by atomic mass is 10.3. The van der Waals surface area contributed by atoms with Gasteiger partial charge in [-0.25, -0.2) is 0 Å². The third-order valence-corrected chi connectivity index (χ3v) is 2.30. The second-order valence-corrected chi connectivity index (χ2v) is 3.57. The molecule has 0 amide bonds. The third kappa shape index (κ3) is 9.61. The van der Waals surface area contributed by atoms with Crippen molar-refractivity contribution in [3.05, 3.63) is 12.7 Å². The maximum atomic E-state index is 5.12. The molecule has 0 heterocycles. The van der Waals surface area contributed by atoms with Crippen LogP contribution in [0.15, 0.2) is 12.7 Å². The van der Waals surface area contributed by atoms with E-state index >= 15 is 0 Å². The lowest BCUT2D eigenvalue weighted by Gasteiger charge is -2.01. The van der Waals surface area contributed by atoms with Crippen molar-refractivity contribution >= 4 is 11.8 Å². The van der Waals surface area contributed by atoms with Gasteiger partial charge in [0, 0.05) is 24.5 Å². The van der Waals surface area contributed by atoms with Crippen molar-refractivity contribution < 1.29 is 0 Å². The molecular weight excluding hydrogens is 166 g/mol. The molecule has 0 saturated carbocycles. The molecule has 0 aromatic heterocycles. The summed E-state index contributed by atoms with van der Waals surface area (Å²) in [6.45, 7) is 5.77. The van der Waals surface area contributed by atoms with Crippen LogP contribution in [-0.2, 0) is 0 Å². The van der Waals surface area contributed by atoms with Crippen LogP contribution >= 0.6 is 11.8 Å². The van der Waals surface area contributed by atoms with Crippen LogP contribution in [-0.4, -0.2) is 24.6 Å². The van der Waals surface area contributed by atoms with Gasteiger partial charge in [-0.2, -0.15) is 11.8 Å². The van der Waals surface area contributed by atoms with Crippen LogP contribution in [0.5, 0.6) is 0 Å². The fourth-order valence-electron chi connectivity index (χ4n) is 0.751. The van der Waals surface area contributed by atoms with Crippen molar-refractivity contribution in [3.8, 4) is 12.3 Å². The molecule has 2 heteroatoms. The summed E-state index contributed by atoms with van der Waals surface area (Å²) in [4.78, 5) is 0. The largest absolute Gasteiger partial charge is 0.316 e. The van der Waals surface area contributed by atoms with Gasteiger partial charge < -0.3 is 5.32 Å². The summed E-state index contributed by atoms with van der Waals surface area (Å²) in [6.07, 6.45) is 9.02.